The molecule has 0 aromatic carbocycles. The summed E-state index contributed by atoms with van der Waals surface area (Å²) in [5, 5.41) is 8.22. The first-order valence-corrected chi connectivity index (χ1v) is 7.48. The van der Waals surface area contributed by atoms with Crippen molar-refractivity contribution in [2.75, 3.05) is 27.7 Å². The van der Waals surface area contributed by atoms with E-state index in [0.717, 1.165) is 24.5 Å². The lowest BCUT2D eigenvalue weighted by atomic mass is 10.1. The highest BCUT2D eigenvalue weighted by Crippen LogP contribution is 2.30. The molecule has 5 nitrogen and oxygen atoms in total. The zero-order valence-corrected chi connectivity index (χ0v) is 14.1. The number of rotatable bonds is 6. The molecule has 0 aliphatic rings. The summed E-state index contributed by atoms with van der Waals surface area (Å²) in [6.45, 7) is 1.67. The van der Waals surface area contributed by atoms with Gasteiger partial charge in [-0.15, -0.1) is 0 Å². The Labute approximate surface area is 132 Å². The van der Waals surface area contributed by atoms with Gasteiger partial charge in [-0.1, -0.05) is 11.6 Å². The summed E-state index contributed by atoms with van der Waals surface area (Å²) in [5.74, 6) is 0.799. The monoisotopic (exact) mass is 360 g/mol. The van der Waals surface area contributed by atoms with Crippen LogP contribution in [-0.4, -0.2) is 42.4 Å². The number of aromatic nitrogens is 2. The van der Waals surface area contributed by atoms with Gasteiger partial charge in [-0.3, -0.25) is 4.68 Å². The Hall–Kier alpha value is -0.820. The summed E-state index contributed by atoms with van der Waals surface area (Å²) >= 11 is 9.62. The Morgan fingerprint density at radius 2 is 2.25 bits per heavy atom. The van der Waals surface area contributed by atoms with Crippen LogP contribution < -0.4 is 5.32 Å². The molecule has 0 bridgehead atoms. The van der Waals surface area contributed by atoms with E-state index in [-0.39, 0.29) is 6.04 Å². The second-order valence-electron chi connectivity index (χ2n) is 4.77. The molecular formula is C13H18BrClN4O. The van der Waals surface area contributed by atoms with E-state index in [9.17, 15) is 0 Å². The molecule has 0 aliphatic carbocycles. The van der Waals surface area contributed by atoms with Gasteiger partial charge in [-0.2, -0.15) is 5.10 Å². The number of nitrogens with zero attached hydrogens (tertiary/aromatic N) is 3. The fourth-order valence-electron chi connectivity index (χ4n) is 2.03. The average Bonchev–Trinajstić information content (AvgIpc) is 2.97. The molecule has 0 radical (unpaired) electrons. The standard InChI is InChI=1S/C13H18BrClN4O/c1-16-12(10-4-5-11(14)20-10)13-9(15)8-17-19(13)7-6-18(2)3/h4-5,8,12,16H,6-7H2,1-3H3. The van der Waals surface area contributed by atoms with E-state index in [0.29, 0.717) is 9.69 Å². The van der Waals surface area contributed by atoms with Crippen molar-refractivity contribution < 1.29 is 4.42 Å². The van der Waals surface area contributed by atoms with Crippen LogP contribution in [-0.2, 0) is 6.54 Å². The van der Waals surface area contributed by atoms with Gasteiger partial charge in [0.25, 0.3) is 0 Å². The molecular weight excluding hydrogens is 344 g/mol. The second kappa shape index (κ2) is 6.76. The smallest absolute Gasteiger partial charge is 0.169 e. The lowest BCUT2D eigenvalue weighted by Crippen LogP contribution is -2.25. The van der Waals surface area contributed by atoms with Crippen LogP contribution in [0.4, 0.5) is 0 Å². The fraction of sp³-hybridized carbons (Fsp3) is 0.462. The lowest BCUT2D eigenvalue weighted by Gasteiger charge is -2.18. The molecule has 1 atom stereocenters. The molecule has 0 aliphatic heterocycles. The molecule has 0 amide bonds. The van der Waals surface area contributed by atoms with E-state index in [1.165, 1.54) is 0 Å². The van der Waals surface area contributed by atoms with Gasteiger partial charge in [0, 0.05) is 6.54 Å². The first kappa shape index (κ1) is 15.6. The average molecular weight is 362 g/mol. The molecule has 2 heterocycles. The van der Waals surface area contributed by atoms with Crippen LogP contribution in [0.3, 0.4) is 0 Å². The number of halogens is 2. The van der Waals surface area contributed by atoms with Crippen molar-refractivity contribution in [1.29, 1.82) is 0 Å². The summed E-state index contributed by atoms with van der Waals surface area (Å²) in [7, 11) is 5.94. The topological polar surface area (TPSA) is 46.2 Å². The van der Waals surface area contributed by atoms with Crippen LogP contribution in [0, 0.1) is 0 Å². The zero-order chi connectivity index (χ0) is 14.7. The Morgan fingerprint density at radius 1 is 1.50 bits per heavy atom. The number of nitrogens with one attached hydrogen (secondary N) is 1. The van der Waals surface area contributed by atoms with Crippen LogP contribution in [0.1, 0.15) is 17.5 Å². The van der Waals surface area contributed by atoms with Gasteiger partial charge >= 0.3 is 0 Å². The van der Waals surface area contributed by atoms with Gasteiger partial charge < -0.3 is 14.6 Å². The van der Waals surface area contributed by atoms with E-state index >= 15 is 0 Å². The van der Waals surface area contributed by atoms with Gasteiger partial charge in [0.05, 0.1) is 23.5 Å². The maximum Gasteiger partial charge on any atom is 0.169 e. The Balaban J connectivity index is 2.31. The van der Waals surface area contributed by atoms with Gasteiger partial charge in [0.1, 0.15) is 11.8 Å². The van der Waals surface area contributed by atoms with E-state index in [2.05, 4.69) is 31.2 Å². The number of hydrogen-bond acceptors (Lipinski definition) is 4. The fourth-order valence-corrected chi connectivity index (χ4v) is 2.60. The Bertz CT molecular complexity index is 566. The molecule has 2 aromatic heterocycles. The van der Waals surface area contributed by atoms with Gasteiger partial charge in [0.15, 0.2) is 4.67 Å². The number of likely N-dealkylation sites (N-methyl/N-ethyl adjacent to an activating group) is 1. The third-order valence-corrected chi connectivity index (χ3v) is 3.75. The molecule has 0 spiro atoms. The zero-order valence-electron chi connectivity index (χ0n) is 11.7. The molecule has 1 N–H and O–H groups in total. The van der Waals surface area contributed by atoms with Crippen molar-refractivity contribution in [2.24, 2.45) is 0 Å². The lowest BCUT2D eigenvalue weighted by molar-refractivity contribution is 0.361. The van der Waals surface area contributed by atoms with Crippen molar-refractivity contribution in [2.45, 2.75) is 12.6 Å². The molecule has 20 heavy (non-hydrogen) atoms. The van der Waals surface area contributed by atoms with Crippen molar-refractivity contribution in [3.8, 4) is 0 Å². The number of hydrogen-bond donors (Lipinski definition) is 1. The molecule has 0 fully saturated rings. The van der Waals surface area contributed by atoms with Crippen molar-refractivity contribution >= 4 is 27.5 Å². The normalized spacial score (nSPS) is 13.1. The van der Waals surface area contributed by atoms with E-state index in [1.54, 1.807) is 6.20 Å². The first-order chi connectivity index (χ1) is 9.52. The molecule has 0 saturated heterocycles. The molecule has 7 heteroatoms. The quantitative estimate of drug-likeness (QED) is 0.859. The Morgan fingerprint density at radius 3 is 2.80 bits per heavy atom. The van der Waals surface area contributed by atoms with Crippen LogP contribution in [0.15, 0.2) is 27.4 Å². The van der Waals surface area contributed by atoms with E-state index in [1.807, 2.05) is 38.0 Å². The summed E-state index contributed by atoms with van der Waals surface area (Å²) < 4.78 is 8.25. The largest absolute Gasteiger partial charge is 0.452 e. The molecule has 2 aromatic rings. The van der Waals surface area contributed by atoms with Gasteiger partial charge in [0.2, 0.25) is 0 Å². The highest BCUT2D eigenvalue weighted by molar-refractivity contribution is 9.10. The second-order valence-corrected chi connectivity index (χ2v) is 5.96. The van der Waals surface area contributed by atoms with Crippen molar-refractivity contribution in [3.63, 3.8) is 0 Å². The van der Waals surface area contributed by atoms with Crippen LogP contribution in [0.25, 0.3) is 0 Å². The highest BCUT2D eigenvalue weighted by atomic mass is 79.9. The van der Waals surface area contributed by atoms with E-state index in [4.69, 9.17) is 16.0 Å². The van der Waals surface area contributed by atoms with Gasteiger partial charge in [-0.05, 0) is 49.2 Å². The van der Waals surface area contributed by atoms with Crippen LogP contribution in [0.2, 0.25) is 5.02 Å². The highest BCUT2D eigenvalue weighted by Gasteiger charge is 2.23. The summed E-state index contributed by atoms with van der Waals surface area (Å²) in [5.41, 5.74) is 0.915. The maximum atomic E-state index is 6.30. The minimum atomic E-state index is -0.126. The predicted octanol–water partition coefficient (Wildman–Crippen LogP) is 2.76. The predicted molar refractivity (Wildman–Crippen MR) is 83.1 cm³/mol. The van der Waals surface area contributed by atoms with E-state index < -0.39 is 0 Å². The Kier molecular flexibility index (Phi) is 5.26. The summed E-state index contributed by atoms with van der Waals surface area (Å²) in [6.07, 6.45) is 1.68. The third kappa shape index (κ3) is 3.44. The third-order valence-electron chi connectivity index (χ3n) is 3.03. The van der Waals surface area contributed by atoms with Crippen molar-refractivity contribution in [1.82, 2.24) is 20.0 Å². The molecule has 0 saturated carbocycles. The molecule has 110 valence electrons. The van der Waals surface area contributed by atoms with Crippen molar-refractivity contribution in [3.05, 3.63) is 39.5 Å². The van der Waals surface area contributed by atoms with Crippen LogP contribution >= 0.6 is 27.5 Å². The summed E-state index contributed by atoms with van der Waals surface area (Å²) in [4.78, 5) is 2.11. The molecule has 2 rings (SSSR count). The minimum Gasteiger partial charge on any atom is -0.452 e. The first-order valence-electron chi connectivity index (χ1n) is 6.31. The van der Waals surface area contributed by atoms with Gasteiger partial charge in [-0.25, -0.2) is 0 Å². The SMILES string of the molecule is CNC(c1ccc(Br)o1)c1c(Cl)cnn1CCN(C)C. The minimum absolute atomic E-state index is 0.126. The maximum absolute atomic E-state index is 6.30. The summed E-state index contributed by atoms with van der Waals surface area (Å²) in [6, 6.07) is 3.66. The van der Waals surface area contributed by atoms with Crippen LogP contribution in [0.5, 0.6) is 0 Å². The number of furan rings is 1. The molecule has 1 unspecified atom stereocenters.